The standard InChI is InChI=1S/C24H29FN6O3/c1-29-23(34)31(22(33)24(29)11-5-3-6-12-24)15-20(32)26-16-9-10-18(25)17(14-16)21-28-27-19-8-4-2-7-13-30(19)21/h9-10,14H,2-8,11-13,15H2,1H3,(H,26,32). The van der Waals surface area contributed by atoms with Crippen LogP contribution in [0.4, 0.5) is 14.9 Å². The molecule has 1 N–H and O–H groups in total. The van der Waals surface area contributed by atoms with Crippen molar-refractivity contribution in [1.82, 2.24) is 24.6 Å². The molecule has 9 nitrogen and oxygen atoms in total. The number of likely N-dealkylation sites (N-methyl/N-ethyl adjacent to an activating group) is 1. The zero-order chi connectivity index (χ0) is 23.9. The second kappa shape index (κ2) is 8.81. The number of halogens is 1. The van der Waals surface area contributed by atoms with Crippen molar-refractivity contribution in [2.24, 2.45) is 0 Å². The van der Waals surface area contributed by atoms with Gasteiger partial charge in [0.05, 0.1) is 5.56 Å². The highest BCUT2D eigenvalue weighted by Gasteiger charge is 2.55. The van der Waals surface area contributed by atoms with Gasteiger partial charge in [-0.1, -0.05) is 25.7 Å². The second-order valence-corrected chi connectivity index (χ2v) is 9.47. The van der Waals surface area contributed by atoms with Gasteiger partial charge in [-0.3, -0.25) is 14.5 Å². The maximum atomic E-state index is 14.7. The molecule has 0 atom stereocenters. The number of rotatable bonds is 4. The van der Waals surface area contributed by atoms with Crippen molar-refractivity contribution in [1.29, 1.82) is 0 Å². The molecule has 1 saturated carbocycles. The first-order chi connectivity index (χ1) is 16.4. The van der Waals surface area contributed by atoms with Gasteiger partial charge >= 0.3 is 6.03 Å². The lowest BCUT2D eigenvalue weighted by molar-refractivity contribution is -0.136. The molecule has 5 rings (SSSR count). The van der Waals surface area contributed by atoms with E-state index in [0.717, 1.165) is 62.2 Å². The van der Waals surface area contributed by atoms with Gasteiger partial charge < -0.3 is 14.8 Å². The Morgan fingerprint density at radius 3 is 2.65 bits per heavy atom. The Bertz CT molecular complexity index is 1140. The lowest BCUT2D eigenvalue weighted by atomic mass is 9.81. The van der Waals surface area contributed by atoms with E-state index in [0.29, 0.717) is 24.4 Å². The number of urea groups is 1. The number of hydrogen-bond acceptors (Lipinski definition) is 5. The molecule has 2 aliphatic heterocycles. The molecule has 10 heteroatoms. The summed E-state index contributed by atoms with van der Waals surface area (Å²) >= 11 is 0. The summed E-state index contributed by atoms with van der Waals surface area (Å²) in [7, 11) is 1.64. The first kappa shape index (κ1) is 22.5. The monoisotopic (exact) mass is 468 g/mol. The molecular formula is C24H29FN6O3. The van der Waals surface area contributed by atoms with Gasteiger partial charge in [-0.15, -0.1) is 10.2 Å². The number of hydrogen-bond donors (Lipinski definition) is 1. The summed E-state index contributed by atoms with van der Waals surface area (Å²) in [5.41, 5.74) is -0.204. The number of nitrogens with zero attached hydrogens (tertiary/aromatic N) is 5. The number of imide groups is 1. The fraction of sp³-hybridized carbons (Fsp3) is 0.542. The van der Waals surface area contributed by atoms with Crippen LogP contribution in [0.3, 0.4) is 0 Å². The van der Waals surface area contributed by atoms with E-state index in [4.69, 9.17) is 0 Å². The van der Waals surface area contributed by atoms with Crippen LogP contribution in [-0.4, -0.2) is 61.5 Å². The van der Waals surface area contributed by atoms with E-state index < -0.39 is 23.3 Å². The van der Waals surface area contributed by atoms with Crippen LogP contribution in [-0.2, 0) is 22.6 Å². The van der Waals surface area contributed by atoms with Crippen LogP contribution in [0.5, 0.6) is 0 Å². The smallest absolute Gasteiger partial charge is 0.325 e. The van der Waals surface area contributed by atoms with Gasteiger partial charge in [0.1, 0.15) is 23.7 Å². The molecule has 1 aliphatic carbocycles. The van der Waals surface area contributed by atoms with Crippen molar-refractivity contribution in [3.05, 3.63) is 29.8 Å². The molecule has 0 unspecified atom stereocenters. The van der Waals surface area contributed by atoms with Crippen molar-refractivity contribution >= 4 is 23.5 Å². The average Bonchev–Trinajstić information content (AvgIpc) is 3.17. The lowest BCUT2D eigenvalue weighted by Crippen LogP contribution is -2.49. The molecule has 2 fully saturated rings. The molecule has 0 radical (unpaired) electrons. The summed E-state index contributed by atoms with van der Waals surface area (Å²) < 4.78 is 16.7. The Morgan fingerprint density at radius 1 is 1.09 bits per heavy atom. The van der Waals surface area contributed by atoms with Crippen molar-refractivity contribution in [2.75, 3.05) is 18.9 Å². The normalized spacial score (nSPS) is 19.9. The van der Waals surface area contributed by atoms with Crippen LogP contribution in [0, 0.1) is 5.82 Å². The summed E-state index contributed by atoms with van der Waals surface area (Å²) in [5, 5.41) is 11.1. The van der Waals surface area contributed by atoms with Crippen molar-refractivity contribution in [3.8, 4) is 11.4 Å². The number of carbonyl (C=O) groups excluding carboxylic acids is 3. The van der Waals surface area contributed by atoms with Gasteiger partial charge in [-0.2, -0.15) is 0 Å². The van der Waals surface area contributed by atoms with Crippen LogP contribution >= 0.6 is 0 Å². The van der Waals surface area contributed by atoms with Crippen LogP contribution in [0.25, 0.3) is 11.4 Å². The third kappa shape index (κ3) is 3.74. The van der Waals surface area contributed by atoms with E-state index in [1.807, 2.05) is 4.57 Å². The van der Waals surface area contributed by atoms with Crippen molar-refractivity contribution in [2.45, 2.75) is 69.9 Å². The number of anilines is 1. The molecular weight excluding hydrogens is 439 g/mol. The molecule has 0 bridgehead atoms. The zero-order valence-corrected chi connectivity index (χ0v) is 19.3. The second-order valence-electron chi connectivity index (χ2n) is 9.47. The molecule has 1 spiro atoms. The fourth-order valence-corrected chi connectivity index (χ4v) is 5.47. The van der Waals surface area contributed by atoms with Gasteiger partial charge in [0.15, 0.2) is 5.82 Å². The van der Waals surface area contributed by atoms with E-state index in [-0.39, 0.29) is 18.0 Å². The van der Waals surface area contributed by atoms with E-state index >= 15 is 0 Å². The first-order valence-corrected chi connectivity index (χ1v) is 12.0. The molecule has 180 valence electrons. The molecule has 34 heavy (non-hydrogen) atoms. The third-order valence-electron chi connectivity index (χ3n) is 7.39. The van der Waals surface area contributed by atoms with E-state index in [1.165, 1.54) is 23.1 Å². The number of benzene rings is 1. The highest BCUT2D eigenvalue weighted by molar-refractivity contribution is 6.10. The zero-order valence-electron chi connectivity index (χ0n) is 19.3. The van der Waals surface area contributed by atoms with Gasteiger partial charge in [0, 0.05) is 25.7 Å². The Morgan fingerprint density at radius 2 is 1.85 bits per heavy atom. The topological polar surface area (TPSA) is 100 Å². The van der Waals surface area contributed by atoms with Crippen LogP contribution in [0.1, 0.15) is 57.2 Å². The predicted octanol–water partition coefficient (Wildman–Crippen LogP) is 3.35. The summed E-state index contributed by atoms with van der Waals surface area (Å²) in [5.74, 6) is 0.00835. The molecule has 1 aromatic heterocycles. The van der Waals surface area contributed by atoms with Gasteiger partial charge in [0.25, 0.3) is 5.91 Å². The summed E-state index contributed by atoms with van der Waals surface area (Å²) in [6.45, 7) is 0.346. The average molecular weight is 469 g/mol. The Labute approximate surface area is 197 Å². The van der Waals surface area contributed by atoms with Crippen LogP contribution < -0.4 is 5.32 Å². The number of amides is 4. The predicted molar refractivity (Wildman–Crippen MR) is 122 cm³/mol. The van der Waals surface area contributed by atoms with Crippen molar-refractivity contribution in [3.63, 3.8) is 0 Å². The molecule has 3 aliphatic rings. The minimum Gasteiger partial charge on any atom is -0.325 e. The number of carbonyl (C=O) groups is 3. The Balaban J connectivity index is 1.33. The quantitative estimate of drug-likeness (QED) is 0.694. The molecule has 1 aromatic carbocycles. The summed E-state index contributed by atoms with van der Waals surface area (Å²) in [6.07, 6.45) is 7.95. The van der Waals surface area contributed by atoms with Crippen LogP contribution in [0.2, 0.25) is 0 Å². The summed E-state index contributed by atoms with van der Waals surface area (Å²) in [6, 6.07) is 3.81. The van der Waals surface area contributed by atoms with Gasteiger partial charge in [-0.25, -0.2) is 9.18 Å². The Kier molecular flexibility index (Phi) is 5.83. The Hall–Kier alpha value is -3.30. The van der Waals surface area contributed by atoms with E-state index in [1.54, 1.807) is 7.05 Å². The largest absolute Gasteiger partial charge is 0.327 e. The minimum absolute atomic E-state index is 0.257. The highest BCUT2D eigenvalue weighted by Crippen LogP contribution is 2.39. The van der Waals surface area contributed by atoms with Gasteiger partial charge in [-0.05, 0) is 43.9 Å². The number of nitrogens with one attached hydrogen (secondary N) is 1. The molecule has 4 amide bonds. The SMILES string of the molecule is CN1C(=O)N(CC(=O)Nc2ccc(F)c(-c3nnc4n3CCCCC4)c2)C(=O)C12CCCCC2. The van der Waals surface area contributed by atoms with E-state index in [9.17, 15) is 18.8 Å². The first-order valence-electron chi connectivity index (χ1n) is 12.0. The number of aryl methyl sites for hydroxylation is 1. The maximum absolute atomic E-state index is 14.7. The van der Waals surface area contributed by atoms with E-state index in [2.05, 4.69) is 15.5 Å². The third-order valence-corrected chi connectivity index (χ3v) is 7.39. The molecule has 2 aromatic rings. The molecule has 3 heterocycles. The number of fused-ring (bicyclic) bond motifs is 1. The van der Waals surface area contributed by atoms with Gasteiger partial charge in [0.2, 0.25) is 5.91 Å². The maximum Gasteiger partial charge on any atom is 0.327 e. The summed E-state index contributed by atoms with van der Waals surface area (Å²) in [4.78, 5) is 41.2. The van der Waals surface area contributed by atoms with Crippen LogP contribution in [0.15, 0.2) is 18.2 Å². The highest BCUT2D eigenvalue weighted by atomic mass is 19.1. The number of aromatic nitrogens is 3. The minimum atomic E-state index is -0.829. The lowest BCUT2D eigenvalue weighted by Gasteiger charge is -2.35. The fourth-order valence-electron chi connectivity index (χ4n) is 5.47. The van der Waals surface area contributed by atoms with Crippen molar-refractivity contribution < 1.29 is 18.8 Å². The molecule has 1 saturated heterocycles.